The van der Waals surface area contributed by atoms with Crippen molar-refractivity contribution in [2.75, 3.05) is 14.2 Å². The molecule has 1 aromatic heterocycles. The highest BCUT2D eigenvalue weighted by Gasteiger charge is 2.38. The number of nitrogens with zero attached hydrogens (tertiary/aromatic N) is 1. The number of carbonyl (C=O) groups excluding carboxylic acids is 3. The molecule has 0 radical (unpaired) electrons. The molecule has 0 N–H and O–H groups in total. The van der Waals surface area contributed by atoms with Crippen molar-refractivity contribution in [3.63, 3.8) is 0 Å². The van der Waals surface area contributed by atoms with E-state index < -0.39 is 11.8 Å². The Balaban J connectivity index is 2.28. The van der Waals surface area contributed by atoms with Crippen LogP contribution < -0.4 is 0 Å². The minimum absolute atomic E-state index is 0.0639. The van der Waals surface area contributed by atoms with Gasteiger partial charge in [-0.05, 0) is 12.0 Å². The van der Waals surface area contributed by atoms with Crippen molar-refractivity contribution in [2.45, 2.75) is 19.9 Å². The van der Waals surface area contributed by atoms with Gasteiger partial charge in [0.1, 0.15) is 5.69 Å². The maximum Gasteiger partial charge on any atom is 0.340 e. The van der Waals surface area contributed by atoms with Gasteiger partial charge in [-0.2, -0.15) is 0 Å². The van der Waals surface area contributed by atoms with Crippen molar-refractivity contribution >= 4 is 17.5 Å². The Morgan fingerprint density at radius 2 is 1.81 bits per heavy atom. The van der Waals surface area contributed by atoms with Crippen LogP contribution in [0.3, 0.4) is 0 Å². The van der Waals surface area contributed by atoms with Gasteiger partial charge < -0.3 is 14.0 Å². The van der Waals surface area contributed by atoms with E-state index in [-0.39, 0.29) is 28.4 Å². The quantitative estimate of drug-likeness (QED) is 0.773. The van der Waals surface area contributed by atoms with Crippen molar-refractivity contribution < 1.29 is 23.9 Å². The first-order valence-electron chi connectivity index (χ1n) is 8.25. The number of Topliss-reactive ketones (excluding diaryl/α,β-unsaturated/α-hetero) is 1. The van der Waals surface area contributed by atoms with Crippen LogP contribution in [0.2, 0.25) is 0 Å². The van der Waals surface area contributed by atoms with E-state index in [9.17, 15) is 14.4 Å². The van der Waals surface area contributed by atoms with Crippen LogP contribution in [-0.2, 0) is 22.4 Å². The molecule has 0 saturated heterocycles. The number of fused-ring (bicyclic) bond motifs is 1. The molecule has 3 rings (SSSR count). The maximum absolute atomic E-state index is 12.8. The van der Waals surface area contributed by atoms with Crippen LogP contribution in [0, 0.1) is 0 Å². The van der Waals surface area contributed by atoms with Gasteiger partial charge in [0.05, 0.1) is 25.3 Å². The molecule has 0 saturated carbocycles. The van der Waals surface area contributed by atoms with Crippen LogP contribution in [-0.4, -0.2) is 36.3 Å². The molecule has 2 aromatic rings. The van der Waals surface area contributed by atoms with Crippen LogP contribution in [0.4, 0.5) is 0 Å². The molecular formula is C20H19NO5. The number of allylic oxidation sites excluding steroid dienone is 2. The van der Waals surface area contributed by atoms with Gasteiger partial charge in [-0.3, -0.25) is 9.59 Å². The molecule has 0 aliphatic heterocycles. The summed E-state index contributed by atoms with van der Waals surface area (Å²) in [6.45, 7) is 2.24. The zero-order valence-corrected chi connectivity index (χ0v) is 14.9. The molecule has 0 atom stereocenters. The fourth-order valence-corrected chi connectivity index (χ4v) is 3.30. The number of aromatic nitrogens is 1. The Labute approximate surface area is 151 Å². The Hall–Kier alpha value is -3.15. The molecule has 1 aliphatic rings. The Morgan fingerprint density at radius 1 is 1.12 bits per heavy atom. The molecule has 0 bridgehead atoms. The molecule has 6 heteroatoms. The molecule has 0 fully saturated rings. The van der Waals surface area contributed by atoms with Crippen molar-refractivity contribution in [1.29, 1.82) is 0 Å². The highest BCUT2D eigenvalue weighted by atomic mass is 16.5. The van der Waals surface area contributed by atoms with E-state index in [2.05, 4.69) is 0 Å². The zero-order valence-electron chi connectivity index (χ0n) is 14.9. The van der Waals surface area contributed by atoms with Gasteiger partial charge in [-0.1, -0.05) is 37.3 Å². The van der Waals surface area contributed by atoms with E-state index in [0.717, 1.165) is 5.56 Å². The lowest BCUT2D eigenvalue weighted by atomic mass is 9.95. The van der Waals surface area contributed by atoms with Crippen LogP contribution in [0.25, 0.3) is 0 Å². The summed E-state index contributed by atoms with van der Waals surface area (Å²) in [4.78, 5) is 37.9. The predicted octanol–water partition coefficient (Wildman–Crippen LogP) is 2.79. The summed E-state index contributed by atoms with van der Waals surface area (Å²) >= 11 is 0. The molecule has 6 nitrogen and oxygen atoms in total. The lowest BCUT2D eigenvalue weighted by molar-refractivity contribution is 0.0595. The summed E-state index contributed by atoms with van der Waals surface area (Å²) in [6.07, 6.45) is 1.64. The average Bonchev–Trinajstić information content (AvgIpc) is 2.99. The van der Waals surface area contributed by atoms with Gasteiger partial charge in [-0.25, -0.2) is 4.79 Å². The molecule has 1 aromatic carbocycles. The van der Waals surface area contributed by atoms with E-state index in [1.807, 2.05) is 37.3 Å². The smallest absolute Gasteiger partial charge is 0.340 e. The van der Waals surface area contributed by atoms with Gasteiger partial charge in [0.15, 0.2) is 5.76 Å². The molecule has 1 heterocycles. The Kier molecular flexibility index (Phi) is 4.75. The highest BCUT2D eigenvalue weighted by Crippen LogP contribution is 2.32. The fraction of sp³-hybridized carbons (Fsp3) is 0.250. The number of rotatable bonds is 5. The molecule has 0 amide bonds. The first-order valence-corrected chi connectivity index (χ1v) is 8.25. The van der Waals surface area contributed by atoms with Gasteiger partial charge in [0.2, 0.25) is 11.6 Å². The van der Waals surface area contributed by atoms with Crippen LogP contribution >= 0.6 is 0 Å². The number of methoxy groups -OCH3 is 2. The molecular weight excluding hydrogens is 334 g/mol. The number of benzene rings is 1. The Morgan fingerprint density at radius 3 is 2.38 bits per heavy atom. The fourth-order valence-electron chi connectivity index (χ4n) is 3.30. The topological polar surface area (TPSA) is 74.6 Å². The number of ketones is 2. The number of ether oxygens (including phenoxy) is 2. The standard InChI is InChI=1S/C20H19NO5/c1-4-13-16(20(24)26-3)17-18(14(22)10-15(25-2)19(17)23)21(13)11-12-8-6-5-7-9-12/h5-10H,4,11H2,1-3H3. The first-order chi connectivity index (χ1) is 12.5. The van der Waals surface area contributed by atoms with Crippen molar-refractivity contribution in [2.24, 2.45) is 0 Å². The van der Waals surface area contributed by atoms with Gasteiger partial charge in [0.25, 0.3) is 0 Å². The summed E-state index contributed by atoms with van der Waals surface area (Å²) in [5.74, 6) is -1.56. The first kappa shape index (κ1) is 17.7. The highest BCUT2D eigenvalue weighted by molar-refractivity contribution is 6.26. The second-order valence-corrected chi connectivity index (χ2v) is 5.87. The lowest BCUT2D eigenvalue weighted by Crippen LogP contribution is -2.21. The van der Waals surface area contributed by atoms with Crippen LogP contribution in [0.1, 0.15) is 49.4 Å². The Bertz CT molecular complexity index is 921. The van der Waals surface area contributed by atoms with Gasteiger partial charge in [-0.15, -0.1) is 0 Å². The van der Waals surface area contributed by atoms with Crippen molar-refractivity contribution in [3.05, 3.63) is 70.2 Å². The summed E-state index contributed by atoms with van der Waals surface area (Å²) in [5, 5.41) is 0. The minimum atomic E-state index is -0.636. The summed E-state index contributed by atoms with van der Waals surface area (Å²) < 4.78 is 11.7. The maximum atomic E-state index is 12.8. The van der Waals surface area contributed by atoms with Gasteiger partial charge in [0, 0.05) is 18.3 Å². The zero-order chi connectivity index (χ0) is 18.8. The summed E-state index contributed by atoms with van der Waals surface area (Å²) in [5.41, 5.74) is 1.96. The monoisotopic (exact) mass is 353 g/mol. The third kappa shape index (κ3) is 2.73. The molecule has 134 valence electrons. The third-order valence-corrected chi connectivity index (χ3v) is 4.45. The van der Waals surface area contributed by atoms with Gasteiger partial charge >= 0.3 is 5.97 Å². The van der Waals surface area contributed by atoms with Crippen LogP contribution in [0.5, 0.6) is 0 Å². The lowest BCUT2D eigenvalue weighted by Gasteiger charge is -2.15. The minimum Gasteiger partial charge on any atom is -0.492 e. The summed E-state index contributed by atoms with van der Waals surface area (Å²) in [6, 6.07) is 9.55. The normalized spacial score (nSPS) is 13.3. The predicted molar refractivity (Wildman–Crippen MR) is 94.4 cm³/mol. The van der Waals surface area contributed by atoms with Crippen molar-refractivity contribution in [3.8, 4) is 0 Å². The van der Waals surface area contributed by atoms with Crippen molar-refractivity contribution in [1.82, 2.24) is 4.57 Å². The van der Waals surface area contributed by atoms with Crippen LogP contribution in [0.15, 0.2) is 42.2 Å². The summed E-state index contributed by atoms with van der Waals surface area (Å²) in [7, 11) is 2.58. The average molecular weight is 353 g/mol. The second-order valence-electron chi connectivity index (χ2n) is 5.87. The molecule has 26 heavy (non-hydrogen) atoms. The van der Waals surface area contributed by atoms with E-state index in [1.54, 1.807) is 4.57 Å². The number of carbonyl (C=O) groups is 3. The number of hydrogen-bond acceptors (Lipinski definition) is 5. The number of hydrogen-bond donors (Lipinski definition) is 0. The van der Waals surface area contributed by atoms with E-state index in [0.29, 0.717) is 18.7 Å². The molecule has 0 unspecified atom stereocenters. The molecule has 1 aliphatic carbocycles. The largest absolute Gasteiger partial charge is 0.492 e. The van der Waals surface area contributed by atoms with E-state index >= 15 is 0 Å². The SMILES string of the molecule is CCc1c(C(=O)OC)c2c(n1Cc1ccccc1)C(=O)C=C(OC)C2=O. The molecule has 0 spiro atoms. The second kappa shape index (κ2) is 7.00. The van der Waals surface area contributed by atoms with E-state index in [1.165, 1.54) is 20.3 Å². The third-order valence-electron chi connectivity index (χ3n) is 4.45. The van der Waals surface area contributed by atoms with E-state index in [4.69, 9.17) is 9.47 Å². The number of esters is 1.